The van der Waals surface area contributed by atoms with Crippen molar-refractivity contribution in [1.82, 2.24) is 4.98 Å². The van der Waals surface area contributed by atoms with Gasteiger partial charge in [0.15, 0.2) is 5.13 Å². The van der Waals surface area contributed by atoms with E-state index < -0.39 is 11.4 Å². The molecule has 0 aromatic carbocycles. The highest BCUT2D eigenvalue weighted by Crippen LogP contribution is 2.32. The van der Waals surface area contributed by atoms with E-state index in [1.165, 1.54) is 11.3 Å². The molecule has 1 aromatic rings. The fourth-order valence-corrected chi connectivity index (χ4v) is 2.75. The van der Waals surface area contributed by atoms with Crippen molar-refractivity contribution < 1.29 is 14.7 Å². The topological polar surface area (TPSA) is 79.3 Å². The van der Waals surface area contributed by atoms with Gasteiger partial charge in [0.1, 0.15) is 0 Å². The van der Waals surface area contributed by atoms with Crippen LogP contribution in [0.3, 0.4) is 0 Å². The van der Waals surface area contributed by atoms with Crippen LogP contribution < -0.4 is 5.32 Å². The van der Waals surface area contributed by atoms with Crippen molar-refractivity contribution >= 4 is 28.3 Å². The Bertz CT molecular complexity index is 511. The van der Waals surface area contributed by atoms with Crippen molar-refractivity contribution in [3.05, 3.63) is 10.6 Å². The molecule has 1 rings (SSSR count). The third-order valence-corrected chi connectivity index (χ3v) is 4.69. The maximum absolute atomic E-state index is 12.0. The van der Waals surface area contributed by atoms with Gasteiger partial charge in [0, 0.05) is 11.3 Å². The molecule has 0 aliphatic rings. The van der Waals surface area contributed by atoms with Crippen molar-refractivity contribution in [3.8, 4) is 0 Å². The van der Waals surface area contributed by atoms with Gasteiger partial charge in [-0.1, -0.05) is 20.8 Å². The number of hydrogen-bond acceptors (Lipinski definition) is 4. The summed E-state index contributed by atoms with van der Waals surface area (Å²) in [5.74, 6) is -1.39. The molecule has 0 bridgehead atoms. The molecule has 0 fully saturated rings. The van der Waals surface area contributed by atoms with Crippen molar-refractivity contribution in [2.45, 2.75) is 47.5 Å². The van der Waals surface area contributed by atoms with Crippen LogP contribution in [0, 0.1) is 18.3 Å². The van der Waals surface area contributed by atoms with E-state index in [0.717, 1.165) is 17.0 Å². The van der Waals surface area contributed by atoms with Gasteiger partial charge in [0.2, 0.25) is 5.91 Å². The summed E-state index contributed by atoms with van der Waals surface area (Å²) in [5.41, 5.74) is -0.0978. The maximum atomic E-state index is 12.0. The lowest BCUT2D eigenvalue weighted by atomic mass is 9.76. The number of aryl methyl sites for hydroxylation is 2. The van der Waals surface area contributed by atoms with E-state index in [2.05, 4.69) is 10.3 Å². The zero-order valence-corrected chi connectivity index (χ0v) is 13.4. The fraction of sp³-hybridized carbons (Fsp3) is 0.643. The molecule has 6 heteroatoms. The molecule has 0 spiro atoms. The quantitative estimate of drug-likeness (QED) is 0.846. The second-order valence-electron chi connectivity index (χ2n) is 5.48. The Morgan fingerprint density at radius 3 is 2.45 bits per heavy atom. The summed E-state index contributed by atoms with van der Waals surface area (Å²) >= 11 is 1.42. The van der Waals surface area contributed by atoms with Crippen LogP contribution in [0.25, 0.3) is 0 Å². The number of aliphatic carboxylic acids is 1. The van der Waals surface area contributed by atoms with Gasteiger partial charge in [0.05, 0.1) is 11.1 Å². The average Bonchev–Trinajstić information content (AvgIpc) is 2.68. The third-order valence-electron chi connectivity index (χ3n) is 3.76. The molecule has 1 unspecified atom stereocenters. The van der Waals surface area contributed by atoms with E-state index in [1.54, 1.807) is 6.92 Å². The zero-order chi connectivity index (χ0) is 15.5. The molecule has 1 amide bonds. The summed E-state index contributed by atoms with van der Waals surface area (Å²) in [6.07, 6.45) is 0.761. The number of rotatable bonds is 6. The highest BCUT2D eigenvalue weighted by Gasteiger charge is 2.38. The third kappa shape index (κ3) is 3.56. The van der Waals surface area contributed by atoms with Gasteiger partial charge in [-0.3, -0.25) is 9.59 Å². The Hall–Kier alpha value is -1.43. The van der Waals surface area contributed by atoms with Crippen LogP contribution in [-0.4, -0.2) is 22.0 Å². The smallest absolute Gasteiger partial charge is 0.310 e. The first kappa shape index (κ1) is 16.6. The van der Waals surface area contributed by atoms with Crippen LogP contribution in [-0.2, 0) is 16.0 Å². The summed E-state index contributed by atoms with van der Waals surface area (Å²) in [4.78, 5) is 28.8. The lowest BCUT2D eigenvalue weighted by Crippen LogP contribution is -2.37. The van der Waals surface area contributed by atoms with Crippen LogP contribution in [0.4, 0.5) is 5.13 Å². The molecule has 1 heterocycles. The lowest BCUT2D eigenvalue weighted by molar-refractivity contribution is -0.153. The molecular weight excluding hydrogens is 276 g/mol. The lowest BCUT2D eigenvalue weighted by Gasteiger charge is -2.28. The Balaban J connectivity index is 2.78. The van der Waals surface area contributed by atoms with Crippen LogP contribution in [0.5, 0.6) is 0 Å². The second kappa shape index (κ2) is 6.35. The standard InChI is InChI=1S/C14H22N2O3S/c1-6-10-9(4)20-13(15-10)16-11(17)7-14(5,8(2)3)12(18)19/h8H,6-7H2,1-5H3,(H,18,19)(H,15,16,17). The number of nitrogens with one attached hydrogen (secondary N) is 1. The maximum Gasteiger partial charge on any atom is 0.310 e. The van der Waals surface area contributed by atoms with Crippen molar-refractivity contribution in [3.63, 3.8) is 0 Å². The van der Waals surface area contributed by atoms with Crippen LogP contribution in [0.2, 0.25) is 0 Å². The predicted molar refractivity (Wildman–Crippen MR) is 80.1 cm³/mol. The number of anilines is 1. The minimum Gasteiger partial charge on any atom is -0.481 e. The van der Waals surface area contributed by atoms with Crippen molar-refractivity contribution in [1.29, 1.82) is 0 Å². The Kier molecular flexibility index (Phi) is 5.28. The molecule has 1 aromatic heterocycles. The summed E-state index contributed by atoms with van der Waals surface area (Å²) < 4.78 is 0. The molecule has 0 saturated heterocycles. The van der Waals surface area contributed by atoms with Gasteiger partial charge >= 0.3 is 5.97 Å². The summed E-state index contributed by atoms with van der Waals surface area (Å²) in [7, 11) is 0. The molecule has 1 atom stereocenters. The number of nitrogens with zero attached hydrogens (tertiary/aromatic N) is 1. The average molecular weight is 298 g/mol. The molecule has 0 saturated carbocycles. The van der Waals surface area contributed by atoms with E-state index in [1.807, 2.05) is 27.7 Å². The number of carbonyl (C=O) groups is 2. The van der Waals surface area contributed by atoms with Gasteiger partial charge in [-0.05, 0) is 26.2 Å². The van der Waals surface area contributed by atoms with E-state index >= 15 is 0 Å². The van der Waals surface area contributed by atoms with E-state index in [-0.39, 0.29) is 18.2 Å². The Morgan fingerprint density at radius 1 is 1.45 bits per heavy atom. The fourth-order valence-electron chi connectivity index (χ4n) is 1.83. The first-order chi connectivity index (χ1) is 9.20. The number of thiazole rings is 1. The van der Waals surface area contributed by atoms with Crippen molar-refractivity contribution in [2.24, 2.45) is 11.3 Å². The van der Waals surface area contributed by atoms with Gasteiger partial charge in [0.25, 0.3) is 0 Å². The van der Waals surface area contributed by atoms with Gasteiger partial charge in [-0.15, -0.1) is 11.3 Å². The SMILES string of the molecule is CCc1nc(NC(=O)CC(C)(C(=O)O)C(C)C)sc1C. The minimum absolute atomic E-state index is 0.0555. The number of hydrogen-bond donors (Lipinski definition) is 2. The number of amides is 1. The number of aromatic nitrogens is 1. The highest BCUT2D eigenvalue weighted by atomic mass is 32.1. The van der Waals surface area contributed by atoms with Crippen molar-refractivity contribution in [2.75, 3.05) is 5.32 Å². The van der Waals surface area contributed by atoms with Crippen LogP contribution in [0.15, 0.2) is 0 Å². The first-order valence-electron chi connectivity index (χ1n) is 6.70. The Labute approximate surface area is 123 Å². The van der Waals surface area contributed by atoms with Gasteiger partial charge < -0.3 is 10.4 Å². The molecule has 0 radical (unpaired) electrons. The summed E-state index contributed by atoms with van der Waals surface area (Å²) in [6.45, 7) is 9.19. The number of carboxylic acid groups (broad SMARTS) is 1. The van der Waals surface area contributed by atoms with Crippen LogP contribution in [0.1, 0.15) is 44.7 Å². The minimum atomic E-state index is -1.07. The normalized spacial score (nSPS) is 14.1. The summed E-state index contributed by atoms with van der Waals surface area (Å²) in [6, 6.07) is 0. The van der Waals surface area contributed by atoms with E-state index in [9.17, 15) is 14.7 Å². The first-order valence-corrected chi connectivity index (χ1v) is 7.51. The van der Waals surface area contributed by atoms with Crippen LogP contribution >= 0.6 is 11.3 Å². The largest absolute Gasteiger partial charge is 0.481 e. The zero-order valence-electron chi connectivity index (χ0n) is 12.6. The van der Waals surface area contributed by atoms with E-state index in [0.29, 0.717) is 5.13 Å². The number of carbonyl (C=O) groups excluding carboxylic acids is 1. The molecule has 20 heavy (non-hydrogen) atoms. The molecule has 0 aliphatic carbocycles. The Morgan fingerprint density at radius 2 is 2.05 bits per heavy atom. The van der Waals surface area contributed by atoms with Gasteiger partial charge in [-0.2, -0.15) is 0 Å². The molecule has 0 aliphatic heterocycles. The molecule has 2 N–H and O–H groups in total. The summed E-state index contributed by atoms with van der Waals surface area (Å²) in [5, 5.41) is 12.6. The van der Waals surface area contributed by atoms with E-state index in [4.69, 9.17) is 0 Å². The molecule has 112 valence electrons. The molecular formula is C14H22N2O3S. The number of carboxylic acids is 1. The highest BCUT2D eigenvalue weighted by molar-refractivity contribution is 7.15. The molecule has 5 nitrogen and oxygen atoms in total. The monoisotopic (exact) mass is 298 g/mol. The second-order valence-corrected chi connectivity index (χ2v) is 6.68. The predicted octanol–water partition coefficient (Wildman–Crippen LogP) is 3.09. The van der Waals surface area contributed by atoms with Gasteiger partial charge in [-0.25, -0.2) is 4.98 Å².